The van der Waals surface area contributed by atoms with Crippen LogP contribution in [0, 0.1) is 0 Å². The van der Waals surface area contributed by atoms with E-state index in [9.17, 15) is 4.79 Å². The van der Waals surface area contributed by atoms with E-state index in [1.54, 1.807) is 36.5 Å². The lowest BCUT2D eigenvalue weighted by Gasteiger charge is -2.11. The topological polar surface area (TPSA) is 78.9 Å². The van der Waals surface area contributed by atoms with Crippen molar-refractivity contribution < 1.29 is 4.79 Å². The first-order valence-electron chi connectivity index (χ1n) is 7.80. The van der Waals surface area contributed by atoms with Gasteiger partial charge in [0.05, 0.1) is 15.2 Å². The molecule has 0 spiro atoms. The van der Waals surface area contributed by atoms with Gasteiger partial charge in [-0.1, -0.05) is 23.2 Å². The molecule has 27 heavy (non-hydrogen) atoms. The number of hydrogen-bond acceptors (Lipinski definition) is 5. The number of halogens is 3. The molecule has 1 amide bonds. The molecule has 3 N–H and O–H groups in total. The number of carbonyl (C=O) groups is 1. The summed E-state index contributed by atoms with van der Waals surface area (Å²) in [5.41, 5.74) is 2.07. The van der Waals surface area contributed by atoms with E-state index in [0.29, 0.717) is 37.7 Å². The SMILES string of the molecule is CC(=O)Nc1ccc(Nc2ncc(Br)c(Nc3ccc(Cl)cc3)n2)cc1Cl. The number of aromatic nitrogens is 2. The van der Waals surface area contributed by atoms with Crippen molar-refractivity contribution in [3.05, 3.63) is 63.2 Å². The van der Waals surface area contributed by atoms with E-state index >= 15 is 0 Å². The van der Waals surface area contributed by atoms with Crippen LogP contribution in [0.5, 0.6) is 0 Å². The van der Waals surface area contributed by atoms with Crippen LogP contribution in [0.4, 0.5) is 28.8 Å². The Morgan fingerprint density at radius 2 is 1.74 bits per heavy atom. The number of rotatable bonds is 5. The van der Waals surface area contributed by atoms with E-state index in [1.807, 2.05) is 12.1 Å². The van der Waals surface area contributed by atoms with Crippen molar-refractivity contribution in [2.45, 2.75) is 6.92 Å². The first kappa shape index (κ1) is 19.4. The Balaban J connectivity index is 1.78. The second-order valence-corrected chi connectivity index (χ2v) is 7.22. The minimum atomic E-state index is -0.188. The third-order valence-electron chi connectivity index (χ3n) is 3.39. The van der Waals surface area contributed by atoms with Crippen LogP contribution < -0.4 is 16.0 Å². The van der Waals surface area contributed by atoms with Gasteiger partial charge in [-0.15, -0.1) is 0 Å². The van der Waals surface area contributed by atoms with Gasteiger partial charge in [0.15, 0.2) is 0 Å². The maximum absolute atomic E-state index is 11.2. The summed E-state index contributed by atoms with van der Waals surface area (Å²) in [5.74, 6) is 0.792. The summed E-state index contributed by atoms with van der Waals surface area (Å²) in [5, 5.41) is 10.0. The van der Waals surface area contributed by atoms with Gasteiger partial charge in [0.1, 0.15) is 5.82 Å². The highest BCUT2D eigenvalue weighted by molar-refractivity contribution is 9.10. The van der Waals surface area contributed by atoms with Crippen LogP contribution in [0.1, 0.15) is 6.92 Å². The standard InChI is InChI=1S/C18H14BrCl2N5O/c1-10(27)23-16-7-6-13(8-15(16)21)25-18-22-9-14(19)17(26-18)24-12-4-2-11(20)3-5-12/h2-9H,1H3,(H,23,27)(H2,22,24,25,26). The van der Waals surface area contributed by atoms with Gasteiger partial charge in [0, 0.05) is 29.5 Å². The fraction of sp³-hybridized carbons (Fsp3) is 0.0556. The molecule has 0 fully saturated rings. The molecular formula is C18H14BrCl2N5O. The maximum Gasteiger partial charge on any atom is 0.229 e. The summed E-state index contributed by atoms with van der Waals surface area (Å²) in [6, 6.07) is 12.4. The van der Waals surface area contributed by atoms with Gasteiger partial charge in [-0.05, 0) is 58.4 Å². The Hall–Kier alpha value is -2.35. The summed E-state index contributed by atoms with van der Waals surface area (Å²) < 4.78 is 0.710. The molecule has 6 nitrogen and oxygen atoms in total. The van der Waals surface area contributed by atoms with Crippen molar-refractivity contribution in [2.24, 2.45) is 0 Å². The first-order valence-corrected chi connectivity index (χ1v) is 9.35. The number of benzene rings is 2. The molecule has 1 aromatic heterocycles. The Kier molecular flexibility index (Phi) is 6.15. The van der Waals surface area contributed by atoms with Crippen molar-refractivity contribution in [3.8, 4) is 0 Å². The molecule has 0 aliphatic rings. The molecule has 0 bridgehead atoms. The highest BCUT2D eigenvalue weighted by Gasteiger charge is 2.08. The lowest BCUT2D eigenvalue weighted by atomic mass is 10.2. The van der Waals surface area contributed by atoms with Gasteiger partial charge < -0.3 is 16.0 Å². The molecule has 0 unspecified atom stereocenters. The summed E-state index contributed by atoms with van der Waals surface area (Å²) >= 11 is 15.5. The van der Waals surface area contributed by atoms with Gasteiger partial charge in [-0.3, -0.25) is 4.79 Å². The van der Waals surface area contributed by atoms with Crippen LogP contribution in [0.3, 0.4) is 0 Å². The molecule has 0 saturated carbocycles. The zero-order valence-corrected chi connectivity index (χ0v) is 17.2. The fourth-order valence-electron chi connectivity index (χ4n) is 2.20. The molecule has 0 aliphatic carbocycles. The molecule has 2 aromatic carbocycles. The van der Waals surface area contributed by atoms with Crippen molar-refractivity contribution in [3.63, 3.8) is 0 Å². The monoisotopic (exact) mass is 465 g/mol. The van der Waals surface area contributed by atoms with Crippen LogP contribution in [0.25, 0.3) is 0 Å². The zero-order valence-electron chi connectivity index (χ0n) is 14.1. The van der Waals surface area contributed by atoms with E-state index in [0.717, 1.165) is 5.69 Å². The Morgan fingerprint density at radius 1 is 1.04 bits per heavy atom. The molecule has 3 rings (SSSR count). The first-order chi connectivity index (χ1) is 12.9. The van der Waals surface area contributed by atoms with Gasteiger partial charge in [0.25, 0.3) is 0 Å². The third-order valence-corrected chi connectivity index (χ3v) is 4.53. The highest BCUT2D eigenvalue weighted by atomic mass is 79.9. The highest BCUT2D eigenvalue weighted by Crippen LogP contribution is 2.29. The number of nitrogens with one attached hydrogen (secondary N) is 3. The summed E-state index contributed by atoms with van der Waals surface area (Å²) in [4.78, 5) is 19.9. The van der Waals surface area contributed by atoms with Crippen molar-refractivity contribution in [1.29, 1.82) is 0 Å². The Labute approximate surface area is 174 Å². The van der Waals surface area contributed by atoms with Gasteiger partial charge in [-0.25, -0.2) is 4.98 Å². The van der Waals surface area contributed by atoms with Crippen molar-refractivity contribution in [2.75, 3.05) is 16.0 Å². The second-order valence-electron chi connectivity index (χ2n) is 5.52. The number of carbonyl (C=O) groups excluding carboxylic acids is 1. The summed E-state index contributed by atoms with van der Waals surface area (Å²) in [7, 11) is 0. The molecule has 3 aromatic rings. The number of hydrogen-bond donors (Lipinski definition) is 3. The largest absolute Gasteiger partial charge is 0.339 e. The van der Waals surface area contributed by atoms with Crippen LogP contribution in [0.2, 0.25) is 10.0 Å². The molecule has 0 radical (unpaired) electrons. The van der Waals surface area contributed by atoms with Gasteiger partial charge in [0.2, 0.25) is 11.9 Å². The van der Waals surface area contributed by atoms with Crippen LogP contribution in [-0.4, -0.2) is 15.9 Å². The quantitative estimate of drug-likeness (QED) is 0.430. The lowest BCUT2D eigenvalue weighted by molar-refractivity contribution is -0.114. The Morgan fingerprint density at radius 3 is 2.41 bits per heavy atom. The lowest BCUT2D eigenvalue weighted by Crippen LogP contribution is -2.06. The summed E-state index contributed by atoms with van der Waals surface area (Å²) in [6.07, 6.45) is 1.64. The number of nitrogens with zero attached hydrogens (tertiary/aromatic N) is 2. The summed E-state index contributed by atoms with van der Waals surface area (Å²) in [6.45, 7) is 1.42. The molecule has 0 saturated heterocycles. The minimum Gasteiger partial charge on any atom is -0.339 e. The van der Waals surface area contributed by atoms with Gasteiger partial charge in [-0.2, -0.15) is 4.98 Å². The molecule has 0 aliphatic heterocycles. The van der Waals surface area contributed by atoms with Crippen LogP contribution >= 0.6 is 39.1 Å². The molecule has 138 valence electrons. The van der Waals surface area contributed by atoms with Crippen LogP contribution in [0.15, 0.2) is 53.1 Å². The average molecular weight is 467 g/mol. The van der Waals surface area contributed by atoms with E-state index in [-0.39, 0.29) is 5.91 Å². The Bertz CT molecular complexity index is 982. The third kappa shape index (κ3) is 5.32. The zero-order chi connectivity index (χ0) is 19.4. The molecule has 1 heterocycles. The van der Waals surface area contributed by atoms with Gasteiger partial charge >= 0.3 is 0 Å². The normalized spacial score (nSPS) is 10.4. The smallest absolute Gasteiger partial charge is 0.229 e. The van der Waals surface area contributed by atoms with E-state index in [1.165, 1.54) is 6.92 Å². The van der Waals surface area contributed by atoms with E-state index < -0.39 is 0 Å². The van der Waals surface area contributed by atoms with Crippen LogP contribution in [-0.2, 0) is 4.79 Å². The maximum atomic E-state index is 11.2. The second kappa shape index (κ2) is 8.56. The van der Waals surface area contributed by atoms with E-state index in [2.05, 4.69) is 41.8 Å². The number of amides is 1. The van der Waals surface area contributed by atoms with Crippen molar-refractivity contribution in [1.82, 2.24) is 9.97 Å². The molecular weight excluding hydrogens is 453 g/mol. The number of anilines is 5. The minimum absolute atomic E-state index is 0.188. The molecule has 0 atom stereocenters. The average Bonchev–Trinajstić information content (AvgIpc) is 2.62. The molecule has 9 heteroatoms. The predicted octanol–water partition coefficient (Wildman–Crippen LogP) is 5.99. The fourth-order valence-corrected chi connectivity index (χ4v) is 2.84. The predicted molar refractivity (Wildman–Crippen MR) is 114 cm³/mol. The van der Waals surface area contributed by atoms with E-state index in [4.69, 9.17) is 23.2 Å². The van der Waals surface area contributed by atoms with Crippen molar-refractivity contribution >= 4 is 73.9 Å².